The summed E-state index contributed by atoms with van der Waals surface area (Å²) in [6.07, 6.45) is -0.154. The Morgan fingerprint density at radius 2 is 1.78 bits per heavy atom. The summed E-state index contributed by atoms with van der Waals surface area (Å²) in [6.45, 7) is 9.24. The smallest absolute Gasteiger partial charge is 0.408 e. The molecule has 0 bridgehead atoms. The maximum absolute atomic E-state index is 12.6. The molecule has 36 heavy (non-hydrogen) atoms. The predicted octanol–water partition coefficient (Wildman–Crippen LogP) is 3.37. The molecular weight excluding hydrogens is 502 g/mol. The van der Waals surface area contributed by atoms with Crippen molar-refractivity contribution in [2.24, 2.45) is 0 Å². The molecule has 0 radical (unpaired) electrons. The first-order valence-electron chi connectivity index (χ1n) is 11.7. The molecule has 1 aliphatic rings. The lowest BCUT2D eigenvalue weighted by Gasteiger charge is -2.29. The van der Waals surface area contributed by atoms with Crippen molar-refractivity contribution in [3.05, 3.63) is 47.6 Å². The molecule has 1 aromatic heterocycles. The maximum atomic E-state index is 12.6. The van der Waals surface area contributed by atoms with Gasteiger partial charge >= 0.3 is 6.09 Å². The van der Waals surface area contributed by atoms with Crippen molar-refractivity contribution in [3.8, 4) is 0 Å². The van der Waals surface area contributed by atoms with Crippen LogP contribution in [0.2, 0.25) is 0 Å². The largest absolute Gasteiger partial charge is 0.444 e. The first-order chi connectivity index (χ1) is 17.0. The van der Waals surface area contributed by atoms with Crippen LogP contribution in [0.3, 0.4) is 0 Å². The number of hydrogen-bond donors (Lipinski definition) is 3. The Morgan fingerprint density at radius 1 is 1.11 bits per heavy atom. The molecule has 3 amide bonds. The van der Waals surface area contributed by atoms with Crippen LogP contribution in [0.1, 0.15) is 63.9 Å². The number of aromatic nitrogens is 2. The SMILES string of the molecule is CC(C)c1noc([C@H](CSSC[C@@H]2NC(=O)[C@H](Cc3ccccc3)NC2=O)NC(=O)OC(C)(C)C)n1. The van der Waals surface area contributed by atoms with Gasteiger partial charge in [-0.15, -0.1) is 0 Å². The van der Waals surface area contributed by atoms with Crippen LogP contribution in [0.15, 0.2) is 34.9 Å². The second kappa shape index (κ2) is 12.5. The zero-order valence-corrected chi connectivity index (χ0v) is 22.7. The molecule has 1 saturated heterocycles. The minimum atomic E-state index is -0.653. The van der Waals surface area contributed by atoms with E-state index in [-0.39, 0.29) is 23.6 Å². The van der Waals surface area contributed by atoms with Crippen molar-refractivity contribution in [1.82, 2.24) is 26.1 Å². The summed E-state index contributed by atoms with van der Waals surface area (Å²) in [5.74, 6) is 1.24. The highest BCUT2D eigenvalue weighted by Gasteiger charge is 2.34. The fraction of sp³-hybridized carbons (Fsp3) is 0.542. The lowest BCUT2D eigenvalue weighted by molar-refractivity contribution is -0.136. The Morgan fingerprint density at radius 3 is 2.42 bits per heavy atom. The normalized spacial score (nSPS) is 18.9. The molecule has 12 heteroatoms. The molecule has 196 valence electrons. The van der Waals surface area contributed by atoms with Crippen molar-refractivity contribution < 1.29 is 23.6 Å². The van der Waals surface area contributed by atoms with Crippen LogP contribution >= 0.6 is 21.6 Å². The standard InChI is InChI=1S/C24H33N5O5S2/c1-14(2)19-28-22(34-29-19)18(27-23(32)33-24(3,4)5)13-36-35-12-17-21(31)25-16(20(30)26-17)11-15-9-7-6-8-10-15/h6-10,14,16-18H,11-13H2,1-5H3,(H,25,31)(H,26,30)(H,27,32)/t16-,17-,18-/m0/s1. The van der Waals surface area contributed by atoms with E-state index in [4.69, 9.17) is 9.26 Å². The third-order valence-corrected chi connectivity index (χ3v) is 7.49. The Labute approximate surface area is 218 Å². The van der Waals surface area contributed by atoms with Gasteiger partial charge in [0.05, 0.1) is 0 Å². The third-order valence-electron chi connectivity index (χ3n) is 5.06. The number of rotatable bonds is 10. The average Bonchev–Trinajstić information content (AvgIpc) is 3.29. The molecule has 2 heterocycles. The number of nitrogens with one attached hydrogen (secondary N) is 3. The van der Waals surface area contributed by atoms with Crippen LogP contribution < -0.4 is 16.0 Å². The van der Waals surface area contributed by atoms with E-state index in [2.05, 4.69) is 26.1 Å². The Bertz CT molecular complexity index is 1040. The van der Waals surface area contributed by atoms with Crippen LogP contribution in [0, 0.1) is 0 Å². The molecule has 0 saturated carbocycles. The van der Waals surface area contributed by atoms with Crippen molar-refractivity contribution in [2.75, 3.05) is 11.5 Å². The second-order valence-electron chi connectivity index (χ2n) is 9.73. The predicted molar refractivity (Wildman–Crippen MR) is 139 cm³/mol. The monoisotopic (exact) mass is 535 g/mol. The fourth-order valence-corrected chi connectivity index (χ4v) is 5.59. The van der Waals surface area contributed by atoms with Gasteiger partial charge in [0.1, 0.15) is 23.7 Å². The lowest BCUT2D eigenvalue weighted by atomic mass is 10.0. The first kappa shape index (κ1) is 27.9. The molecule has 1 fully saturated rings. The summed E-state index contributed by atoms with van der Waals surface area (Å²) >= 11 is 0. The van der Waals surface area contributed by atoms with Crippen molar-refractivity contribution >= 4 is 39.5 Å². The molecule has 1 aliphatic heterocycles. The van der Waals surface area contributed by atoms with E-state index in [9.17, 15) is 14.4 Å². The number of ether oxygens (including phenoxy) is 1. The van der Waals surface area contributed by atoms with Gasteiger partial charge in [-0.1, -0.05) is 70.9 Å². The van der Waals surface area contributed by atoms with Crippen LogP contribution in [-0.4, -0.2) is 57.2 Å². The third kappa shape index (κ3) is 8.44. The molecule has 3 rings (SSSR count). The van der Waals surface area contributed by atoms with Crippen LogP contribution in [0.25, 0.3) is 0 Å². The van der Waals surface area contributed by atoms with Gasteiger partial charge in [0.2, 0.25) is 17.7 Å². The lowest BCUT2D eigenvalue weighted by Crippen LogP contribution is -2.63. The number of benzene rings is 1. The molecule has 3 N–H and O–H groups in total. The fourth-order valence-electron chi connectivity index (χ4n) is 3.27. The molecule has 0 unspecified atom stereocenters. The highest BCUT2D eigenvalue weighted by atomic mass is 33.1. The van der Waals surface area contributed by atoms with E-state index >= 15 is 0 Å². The quantitative estimate of drug-likeness (QED) is 0.309. The van der Waals surface area contributed by atoms with Gasteiger partial charge < -0.3 is 25.2 Å². The van der Waals surface area contributed by atoms with E-state index in [1.165, 1.54) is 21.6 Å². The molecule has 10 nitrogen and oxygen atoms in total. The topological polar surface area (TPSA) is 135 Å². The molecule has 0 aliphatic carbocycles. The maximum Gasteiger partial charge on any atom is 0.408 e. The molecule has 0 spiro atoms. The average molecular weight is 536 g/mol. The van der Waals surface area contributed by atoms with Crippen molar-refractivity contribution in [1.29, 1.82) is 0 Å². The van der Waals surface area contributed by atoms with Gasteiger partial charge in [-0.25, -0.2) is 4.79 Å². The van der Waals surface area contributed by atoms with Gasteiger partial charge in [0.25, 0.3) is 0 Å². The van der Waals surface area contributed by atoms with Gasteiger partial charge in [-0.3, -0.25) is 9.59 Å². The van der Waals surface area contributed by atoms with Gasteiger partial charge in [-0.05, 0) is 26.3 Å². The zero-order valence-electron chi connectivity index (χ0n) is 21.1. The summed E-state index contributed by atoms with van der Waals surface area (Å²) in [4.78, 5) is 41.9. The van der Waals surface area contributed by atoms with Crippen molar-refractivity contribution in [3.63, 3.8) is 0 Å². The number of nitrogens with zero attached hydrogens (tertiary/aromatic N) is 2. The number of hydrogen-bond acceptors (Lipinski definition) is 9. The summed E-state index contributed by atoms with van der Waals surface area (Å²) in [5.41, 5.74) is 0.325. The van der Waals surface area contributed by atoms with Crippen LogP contribution in [0.4, 0.5) is 4.79 Å². The number of alkyl carbamates (subject to hydrolysis) is 1. The minimum absolute atomic E-state index is 0.0749. The number of carbonyl (C=O) groups excluding carboxylic acids is 3. The van der Waals surface area contributed by atoms with E-state index in [0.29, 0.717) is 23.8 Å². The molecule has 1 aromatic carbocycles. The van der Waals surface area contributed by atoms with E-state index in [1.807, 2.05) is 44.2 Å². The van der Waals surface area contributed by atoms with Gasteiger partial charge in [0, 0.05) is 23.8 Å². The number of piperazine rings is 1. The summed E-state index contributed by atoms with van der Waals surface area (Å²) in [5, 5.41) is 12.4. The summed E-state index contributed by atoms with van der Waals surface area (Å²) < 4.78 is 10.8. The number of carbonyl (C=O) groups is 3. The van der Waals surface area contributed by atoms with E-state index in [0.717, 1.165) is 5.56 Å². The molecular formula is C24H33N5O5S2. The first-order valence-corrected chi connectivity index (χ1v) is 14.2. The summed E-state index contributed by atoms with van der Waals surface area (Å²) in [7, 11) is 2.83. The second-order valence-corrected chi connectivity index (χ2v) is 12.3. The van der Waals surface area contributed by atoms with Crippen LogP contribution in [-0.2, 0) is 20.7 Å². The van der Waals surface area contributed by atoms with Gasteiger partial charge in [-0.2, -0.15) is 4.98 Å². The number of amides is 3. The zero-order chi connectivity index (χ0) is 26.3. The van der Waals surface area contributed by atoms with E-state index in [1.54, 1.807) is 20.8 Å². The minimum Gasteiger partial charge on any atom is -0.444 e. The van der Waals surface area contributed by atoms with Crippen LogP contribution in [0.5, 0.6) is 0 Å². The highest BCUT2D eigenvalue weighted by Crippen LogP contribution is 2.29. The van der Waals surface area contributed by atoms with Gasteiger partial charge in [0.15, 0.2) is 5.82 Å². The Balaban J connectivity index is 1.52. The van der Waals surface area contributed by atoms with Crippen molar-refractivity contribution in [2.45, 2.75) is 70.7 Å². The molecule has 3 atom stereocenters. The Hall–Kier alpha value is -2.73. The highest BCUT2D eigenvalue weighted by molar-refractivity contribution is 8.76. The summed E-state index contributed by atoms with van der Waals surface area (Å²) in [6, 6.07) is 7.74. The van der Waals surface area contributed by atoms with E-state index < -0.39 is 29.8 Å². The Kier molecular flexibility index (Phi) is 9.66. The molecule has 2 aromatic rings.